The predicted octanol–water partition coefficient (Wildman–Crippen LogP) is 2.08. The summed E-state index contributed by atoms with van der Waals surface area (Å²) in [5, 5.41) is 4.23. The Labute approximate surface area is 100 Å². The highest BCUT2D eigenvalue weighted by Crippen LogP contribution is 2.29. The maximum Gasteiger partial charge on any atom is 0.207 e. The Bertz CT molecular complexity index is 571. The number of fused-ring (bicyclic) bond motifs is 3. The molecule has 0 fully saturated rings. The molecule has 1 heterocycles. The largest absolute Gasteiger partial charge is 0.358 e. The second-order valence-corrected chi connectivity index (χ2v) is 4.86. The molecular weight excluding hydrogens is 212 g/mol. The Hall–Kier alpha value is -1.77. The monoisotopic (exact) mass is 228 g/mol. The van der Waals surface area contributed by atoms with Gasteiger partial charge < -0.3 is 10.3 Å². The van der Waals surface area contributed by atoms with Crippen LogP contribution in [-0.4, -0.2) is 17.4 Å². The van der Waals surface area contributed by atoms with E-state index < -0.39 is 0 Å². The highest BCUT2D eigenvalue weighted by atomic mass is 16.1. The molecule has 0 spiro atoms. The van der Waals surface area contributed by atoms with Crippen LogP contribution < -0.4 is 5.32 Å². The molecule has 0 bridgehead atoms. The molecule has 17 heavy (non-hydrogen) atoms. The van der Waals surface area contributed by atoms with Gasteiger partial charge in [0.2, 0.25) is 6.41 Å². The van der Waals surface area contributed by atoms with Crippen LogP contribution in [0.25, 0.3) is 10.9 Å². The first kappa shape index (κ1) is 10.4. The van der Waals surface area contributed by atoms with E-state index in [1.807, 2.05) is 0 Å². The number of hydrogen-bond donors (Lipinski definition) is 2. The Morgan fingerprint density at radius 3 is 3.18 bits per heavy atom. The lowest BCUT2D eigenvalue weighted by Gasteiger charge is -2.21. The quantitative estimate of drug-likeness (QED) is 0.759. The Morgan fingerprint density at radius 1 is 1.47 bits per heavy atom. The van der Waals surface area contributed by atoms with E-state index in [-0.39, 0.29) is 6.04 Å². The zero-order valence-corrected chi connectivity index (χ0v) is 9.92. The third kappa shape index (κ3) is 1.71. The highest BCUT2D eigenvalue weighted by Gasteiger charge is 2.21. The number of amides is 1. The molecule has 1 amide bonds. The summed E-state index contributed by atoms with van der Waals surface area (Å²) in [6.45, 7) is 2.12. The minimum absolute atomic E-state index is 0.286. The standard InChI is InChI=1S/C14H16N2O/c1-9-2-5-13-12(6-9)11-4-3-10(15-8-17)7-14(11)16-13/h2,5-6,8,10,16H,3-4,7H2,1H3,(H,15,17). The van der Waals surface area contributed by atoms with Gasteiger partial charge in [-0.3, -0.25) is 4.79 Å². The maximum absolute atomic E-state index is 10.5. The molecule has 3 heteroatoms. The van der Waals surface area contributed by atoms with Crippen molar-refractivity contribution in [3.05, 3.63) is 35.0 Å². The number of H-pyrrole nitrogens is 1. The summed E-state index contributed by atoms with van der Waals surface area (Å²) < 4.78 is 0. The summed E-state index contributed by atoms with van der Waals surface area (Å²) in [6, 6.07) is 6.81. The van der Waals surface area contributed by atoms with Gasteiger partial charge in [0.25, 0.3) is 0 Å². The molecule has 0 radical (unpaired) electrons. The van der Waals surface area contributed by atoms with Gasteiger partial charge in [-0.25, -0.2) is 0 Å². The SMILES string of the molecule is Cc1ccc2[nH]c3c(c2c1)CCC(NC=O)C3. The molecule has 0 saturated heterocycles. The van der Waals surface area contributed by atoms with E-state index >= 15 is 0 Å². The number of nitrogens with one attached hydrogen (secondary N) is 2. The van der Waals surface area contributed by atoms with Gasteiger partial charge in [-0.1, -0.05) is 11.6 Å². The molecule has 0 saturated carbocycles. The average molecular weight is 228 g/mol. The van der Waals surface area contributed by atoms with Crippen LogP contribution in [0.4, 0.5) is 0 Å². The summed E-state index contributed by atoms with van der Waals surface area (Å²) in [6.07, 6.45) is 3.81. The van der Waals surface area contributed by atoms with Gasteiger partial charge in [0.15, 0.2) is 0 Å². The summed E-state index contributed by atoms with van der Waals surface area (Å²) in [5.41, 5.74) is 5.24. The predicted molar refractivity (Wildman–Crippen MR) is 68.0 cm³/mol. The third-order valence-electron chi connectivity index (χ3n) is 3.65. The Morgan fingerprint density at radius 2 is 2.35 bits per heavy atom. The lowest BCUT2D eigenvalue weighted by molar-refractivity contribution is -0.110. The van der Waals surface area contributed by atoms with Crippen LogP contribution in [0.1, 0.15) is 23.2 Å². The minimum atomic E-state index is 0.286. The lowest BCUT2D eigenvalue weighted by Crippen LogP contribution is -2.33. The van der Waals surface area contributed by atoms with Crippen molar-refractivity contribution in [2.24, 2.45) is 0 Å². The molecular formula is C14H16N2O. The number of aromatic nitrogens is 1. The molecule has 3 rings (SSSR count). The van der Waals surface area contributed by atoms with E-state index in [2.05, 4.69) is 35.4 Å². The molecule has 0 aliphatic heterocycles. The fourth-order valence-corrected chi connectivity index (χ4v) is 2.78. The van der Waals surface area contributed by atoms with E-state index in [4.69, 9.17) is 0 Å². The summed E-state index contributed by atoms with van der Waals surface area (Å²) in [5.74, 6) is 0. The fraction of sp³-hybridized carbons (Fsp3) is 0.357. The number of aryl methyl sites for hydroxylation is 2. The number of hydrogen-bond acceptors (Lipinski definition) is 1. The second kappa shape index (κ2) is 3.91. The van der Waals surface area contributed by atoms with E-state index in [1.54, 1.807) is 0 Å². The maximum atomic E-state index is 10.5. The average Bonchev–Trinajstić information content (AvgIpc) is 2.66. The molecule has 2 aromatic rings. The van der Waals surface area contributed by atoms with Crippen molar-refractivity contribution < 1.29 is 4.79 Å². The first-order valence-electron chi connectivity index (χ1n) is 6.07. The van der Waals surface area contributed by atoms with Gasteiger partial charge >= 0.3 is 0 Å². The van der Waals surface area contributed by atoms with Crippen molar-refractivity contribution in [3.63, 3.8) is 0 Å². The lowest BCUT2D eigenvalue weighted by atomic mass is 9.91. The van der Waals surface area contributed by atoms with Crippen molar-refractivity contribution in [2.45, 2.75) is 32.2 Å². The zero-order chi connectivity index (χ0) is 11.8. The summed E-state index contributed by atoms with van der Waals surface area (Å²) in [7, 11) is 0. The number of rotatable bonds is 2. The Kier molecular flexibility index (Phi) is 2.39. The van der Waals surface area contributed by atoms with Crippen molar-refractivity contribution in [1.82, 2.24) is 10.3 Å². The molecule has 1 aromatic heterocycles. The Balaban J connectivity index is 2.04. The first-order valence-corrected chi connectivity index (χ1v) is 6.07. The van der Waals surface area contributed by atoms with Crippen LogP contribution >= 0.6 is 0 Å². The van der Waals surface area contributed by atoms with Crippen LogP contribution in [0.3, 0.4) is 0 Å². The molecule has 1 aromatic carbocycles. The first-order chi connectivity index (χ1) is 8.28. The van der Waals surface area contributed by atoms with Gasteiger partial charge in [0.05, 0.1) is 0 Å². The number of aromatic amines is 1. The molecule has 3 nitrogen and oxygen atoms in total. The second-order valence-electron chi connectivity index (χ2n) is 4.86. The molecule has 1 unspecified atom stereocenters. The van der Waals surface area contributed by atoms with Crippen molar-refractivity contribution in [1.29, 1.82) is 0 Å². The minimum Gasteiger partial charge on any atom is -0.358 e. The molecule has 2 N–H and O–H groups in total. The van der Waals surface area contributed by atoms with Crippen LogP contribution in [0.5, 0.6) is 0 Å². The summed E-state index contributed by atoms with van der Waals surface area (Å²) >= 11 is 0. The van der Waals surface area contributed by atoms with Crippen molar-refractivity contribution in [2.75, 3.05) is 0 Å². The normalized spacial score (nSPS) is 19.0. The van der Waals surface area contributed by atoms with Crippen LogP contribution in [-0.2, 0) is 17.6 Å². The summed E-state index contributed by atoms with van der Waals surface area (Å²) in [4.78, 5) is 14.0. The van der Waals surface area contributed by atoms with E-state index in [0.717, 1.165) is 25.7 Å². The third-order valence-corrected chi connectivity index (χ3v) is 3.65. The smallest absolute Gasteiger partial charge is 0.207 e. The topological polar surface area (TPSA) is 44.9 Å². The van der Waals surface area contributed by atoms with Gasteiger partial charge in [-0.15, -0.1) is 0 Å². The molecule has 88 valence electrons. The number of benzene rings is 1. The van der Waals surface area contributed by atoms with E-state index in [1.165, 1.54) is 27.7 Å². The molecule has 1 aliphatic rings. The number of carbonyl (C=O) groups excluding carboxylic acids is 1. The van der Waals surface area contributed by atoms with E-state index in [9.17, 15) is 4.79 Å². The number of carbonyl (C=O) groups is 1. The van der Waals surface area contributed by atoms with Gasteiger partial charge in [0.1, 0.15) is 0 Å². The van der Waals surface area contributed by atoms with Gasteiger partial charge in [-0.2, -0.15) is 0 Å². The highest BCUT2D eigenvalue weighted by molar-refractivity contribution is 5.85. The van der Waals surface area contributed by atoms with Crippen LogP contribution in [0.2, 0.25) is 0 Å². The molecule has 1 aliphatic carbocycles. The van der Waals surface area contributed by atoms with Crippen LogP contribution in [0, 0.1) is 6.92 Å². The van der Waals surface area contributed by atoms with Crippen molar-refractivity contribution >= 4 is 17.3 Å². The van der Waals surface area contributed by atoms with Gasteiger partial charge in [0, 0.05) is 29.1 Å². The van der Waals surface area contributed by atoms with Crippen LogP contribution in [0.15, 0.2) is 18.2 Å². The van der Waals surface area contributed by atoms with Gasteiger partial charge in [-0.05, 0) is 37.5 Å². The molecule has 1 atom stereocenters. The fourth-order valence-electron chi connectivity index (χ4n) is 2.78. The zero-order valence-electron chi connectivity index (χ0n) is 9.92. The van der Waals surface area contributed by atoms with E-state index in [0.29, 0.717) is 0 Å². The van der Waals surface area contributed by atoms with Crippen molar-refractivity contribution in [3.8, 4) is 0 Å².